The van der Waals surface area contributed by atoms with Crippen LogP contribution in [0.25, 0.3) is 0 Å². The lowest BCUT2D eigenvalue weighted by Crippen LogP contribution is -2.29. The van der Waals surface area contributed by atoms with Crippen molar-refractivity contribution in [1.82, 2.24) is 10.3 Å². The highest BCUT2D eigenvalue weighted by Gasteiger charge is 2.05. The van der Waals surface area contributed by atoms with Gasteiger partial charge >= 0.3 is 0 Å². The minimum absolute atomic E-state index is 0.291. The first-order valence-electron chi connectivity index (χ1n) is 4.53. The van der Waals surface area contributed by atoms with Gasteiger partial charge in [0, 0.05) is 24.7 Å². The Kier molecular flexibility index (Phi) is 4.84. The second-order valence-corrected chi connectivity index (χ2v) is 3.82. The minimum atomic E-state index is -0.421. The van der Waals surface area contributed by atoms with Gasteiger partial charge in [-0.2, -0.15) is 0 Å². The maximum atomic E-state index is 10.3. The van der Waals surface area contributed by atoms with E-state index in [-0.39, 0.29) is 6.54 Å². The summed E-state index contributed by atoms with van der Waals surface area (Å²) in [6, 6.07) is 3.69. The predicted molar refractivity (Wildman–Crippen MR) is 64.0 cm³/mol. The third-order valence-corrected chi connectivity index (χ3v) is 2.30. The molecule has 7 heteroatoms. The van der Waals surface area contributed by atoms with Gasteiger partial charge < -0.3 is 5.32 Å². The average molecular weight is 287 g/mol. The molecule has 0 spiro atoms. The van der Waals surface area contributed by atoms with Crippen molar-refractivity contribution in [3.05, 3.63) is 38.6 Å². The molecule has 0 aliphatic heterocycles. The van der Waals surface area contributed by atoms with Crippen LogP contribution in [0.15, 0.2) is 27.9 Å². The summed E-state index contributed by atoms with van der Waals surface area (Å²) >= 11 is 3.23. The normalized spacial score (nSPS) is 11.2. The number of hydrogen-bond donors (Lipinski definition) is 1. The Labute approximate surface area is 101 Å². The number of nitrogens with one attached hydrogen (secondary N) is 1. The average Bonchev–Trinajstić information content (AvgIpc) is 2.26. The van der Waals surface area contributed by atoms with Crippen LogP contribution < -0.4 is 5.32 Å². The first kappa shape index (κ1) is 12.6. The van der Waals surface area contributed by atoms with Crippen LogP contribution in [0.3, 0.4) is 0 Å². The van der Waals surface area contributed by atoms with Crippen molar-refractivity contribution in [2.45, 2.75) is 6.54 Å². The van der Waals surface area contributed by atoms with E-state index in [1.807, 2.05) is 12.1 Å². The number of hydrogen-bond acceptors (Lipinski definition) is 4. The molecule has 16 heavy (non-hydrogen) atoms. The van der Waals surface area contributed by atoms with Gasteiger partial charge in [0.25, 0.3) is 6.54 Å². The number of aromatic nitrogens is 1. The Balaban J connectivity index is 2.50. The van der Waals surface area contributed by atoms with Gasteiger partial charge in [-0.15, -0.1) is 0 Å². The Morgan fingerprint density at radius 3 is 2.94 bits per heavy atom. The lowest BCUT2D eigenvalue weighted by Gasteiger charge is -2.05. The quantitative estimate of drug-likeness (QED) is 0.297. The maximum Gasteiger partial charge on any atom is 0.259 e. The molecule has 1 heterocycles. The molecule has 1 rings (SSSR count). The van der Waals surface area contributed by atoms with E-state index in [9.17, 15) is 10.1 Å². The van der Waals surface area contributed by atoms with E-state index in [0.717, 1.165) is 10.2 Å². The van der Waals surface area contributed by atoms with E-state index in [2.05, 4.69) is 31.2 Å². The van der Waals surface area contributed by atoms with E-state index in [0.29, 0.717) is 12.4 Å². The van der Waals surface area contributed by atoms with E-state index in [4.69, 9.17) is 0 Å². The number of nitro groups is 1. The second kappa shape index (κ2) is 6.16. The Hall–Kier alpha value is -1.50. The predicted octanol–water partition coefficient (Wildman–Crippen LogP) is 1.24. The Morgan fingerprint density at radius 2 is 2.44 bits per heavy atom. The minimum Gasteiger partial charge on any atom is -0.364 e. The molecule has 0 radical (unpaired) electrons. The number of halogens is 1. The van der Waals surface area contributed by atoms with Crippen LogP contribution in [0, 0.1) is 10.1 Å². The lowest BCUT2D eigenvalue weighted by molar-refractivity contribution is -0.463. The van der Waals surface area contributed by atoms with Gasteiger partial charge in [0.05, 0.1) is 0 Å². The van der Waals surface area contributed by atoms with Crippen molar-refractivity contribution in [2.75, 3.05) is 13.6 Å². The fourth-order valence-corrected chi connectivity index (χ4v) is 1.28. The van der Waals surface area contributed by atoms with Crippen LogP contribution in [-0.4, -0.2) is 29.3 Å². The van der Waals surface area contributed by atoms with Crippen molar-refractivity contribution in [3.63, 3.8) is 0 Å². The molecule has 1 aromatic heterocycles. The molecule has 0 aliphatic carbocycles. The number of nitrogens with zero attached hydrogens (tertiary/aromatic N) is 3. The van der Waals surface area contributed by atoms with Crippen LogP contribution in [0.4, 0.5) is 0 Å². The zero-order chi connectivity index (χ0) is 12.0. The molecular weight excluding hydrogens is 276 g/mol. The molecule has 0 unspecified atom stereocenters. The van der Waals surface area contributed by atoms with Gasteiger partial charge in [-0.1, -0.05) is 6.07 Å². The summed E-state index contributed by atoms with van der Waals surface area (Å²) in [5.74, 6) is 0.355. The van der Waals surface area contributed by atoms with Crippen molar-refractivity contribution in [1.29, 1.82) is 0 Å². The zero-order valence-electron chi connectivity index (χ0n) is 8.68. The highest BCUT2D eigenvalue weighted by molar-refractivity contribution is 9.10. The van der Waals surface area contributed by atoms with Gasteiger partial charge in [0.2, 0.25) is 0 Å². The molecule has 0 amide bonds. The van der Waals surface area contributed by atoms with Gasteiger partial charge in [0.15, 0.2) is 5.84 Å². The van der Waals surface area contributed by atoms with Crippen LogP contribution in [0.5, 0.6) is 0 Å². The van der Waals surface area contributed by atoms with E-state index in [1.165, 1.54) is 7.05 Å². The first-order chi connectivity index (χ1) is 7.61. The molecule has 0 saturated carbocycles. The summed E-state index contributed by atoms with van der Waals surface area (Å²) in [5, 5.41) is 13.2. The number of pyridine rings is 1. The molecule has 1 N–H and O–H groups in total. The molecule has 0 atom stereocenters. The largest absolute Gasteiger partial charge is 0.364 e. The number of aliphatic imine (C=N–C) groups is 1. The third kappa shape index (κ3) is 4.35. The molecule has 0 bridgehead atoms. The SMILES string of the molecule is CN=C(C[N+](=O)[O-])NCc1ccc(Br)nc1. The molecule has 0 aliphatic rings. The molecule has 0 aromatic carbocycles. The van der Waals surface area contributed by atoms with Gasteiger partial charge in [-0.05, 0) is 27.6 Å². The molecule has 0 fully saturated rings. The molecule has 0 saturated heterocycles. The van der Waals surface area contributed by atoms with Crippen LogP contribution in [0.1, 0.15) is 5.56 Å². The summed E-state index contributed by atoms with van der Waals surface area (Å²) in [6.45, 7) is 0.182. The van der Waals surface area contributed by atoms with E-state index >= 15 is 0 Å². The fourth-order valence-electron chi connectivity index (χ4n) is 1.04. The van der Waals surface area contributed by atoms with Crippen molar-refractivity contribution in [2.24, 2.45) is 4.99 Å². The topological polar surface area (TPSA) is 80.4 Å². The van der Waals surface area contributed by atoms with Gasteiger partial charge in [-0.25, -0.2) is 4.98 Å². The number of amidine groups is 1. The van der Waals surface area contributed by atoms with Gasteiger partial charge in [0.1, 0.15) is 4.60 Å². The summed E-state index contributed by atoms with van der Waals surface area (Å²) in [5.41, 5.74) is 0.938. The summed E-state index contributed by atoms with van der Waals surface area (Å²) < 4.78 is 0.755. The van der Waals surface area contributed by atoms with Crippen LogP contribution in [-0.2, 0) is 6.54 Å². The zero-order valence-corrected chi connectivity index (χ0v) is 10.3. The van der Waals surface area contributed by atoms with Crippen LogP contribution >= 0.6 is 15.9 Å². The summed E-state index contributed by atoms with van der Waals surface area (Å²) in [7, 11) is 1.52. The second-order valence-electron chi connectivity index (χ2n) is 3.00. The van der Waals surface area contributed by atoms with Crippen LogP contribution in [0.2, 0.25) is 0 Å². The monoisotopic (exact) mass is 286 g/mol. The highest BCUT2D eigenvalue weighted by Crippen LogP contribution is 2.05. The van der Waals surface area contributed by atoms with Gasteiger partial charge in [-0.3, -0.25) is 15.1 Å². The third-order valence-electron chi connectivity index (χ3n) is 1.83. The van der Waals surface area contributed by atoms with Crippen molar-refractivity contribution < 1.29 is 4.92 Å². The van der Waals surface area contributed by atoms with Crippen molar-refractivity contribution >= 4 is 21.8 Å². The molecular formula is C9H11BrN4O2. The van der Waals surface area contributed by atoms with E-state index < -0.39 is 4.92 Å². The molecule has 1 aromatic rings. The lowest BCUT2D eigenvalue weighted by atomic mass is 10.3. The fraction of sp³-hybridized carbons (Fsp3) is 0.333. The van der Waals surface area contributed by atoms with Crippen molar-refractivity contribution in [3.8, 4) is 0 Å². The first-order valence-corrected chi connectivity index (χ1v) is 5.33. The summed E-state index contributed by atoms with van der Waals surface area (Å²) in [4.78, 5) is 17.7. The number of rotatable bonds is 4. The van der Waals surface area contributed by atoms with E-state index in [1.54, 1.807) is 6.20 Å². The summed E-state index contributed by atoms with van der Waals surface area (Å²) in [6.07, 6.45) is 1.69. The smallest absolute Gasteiger partial charge is 0.259 e. The molecule has 6 nitrogen and oxygen atoms in total. The molecule has 86 valence electrons. The highest BCUT2D eigenvalue weighted by atomic mass is 79.9. The maximum absolute atomic E-state index is 10.3. The Morgan fingerprint density at radius 1 is 1.69 bits per heavy atom. The standard InChI is InChI=1S/C9H11BrN4O2/c1-11-9(6-14(15)16)13-5-7-2-3-8(10)12-4-7/h2-4H,5-6H2,1H3,(H,11,13). The Bertz CT molecular complexity index is 391.